The van der Waals surface area contributed by atoms with E-state index in [1.165, 1.54) is 29.5 Å². The zero-order valence-electron chi connectivity index (χ0n) is 33.6. The molecule has 3 aliphatic heterocycles. The number of halogens is 7. The minimum absolute atomic E-state index is 0.0460. The number of aromatic nitrogens is 1. The molecular formula is C44H40Cl2F5N3O9S. The highest BCUT2D eigenvalue weighted by molar-refractivity contribution is 7.17. The van der Waals surface area contributed by atoms with Crippen molar-refractivity contribution in [2.75, 3.05) is 31.6 Å². The third-order valence-corrected chi connectivity index (χ3v) is 12.6. The van der Waals surface area contributed by atoms with Crippen molar-refractivity contribution in [3.8, 4) is 11.5 Å². The van der Waals surface area contributed by atoms with Gasteiger partial charge in [0.05, 0.1) is 12.2 Å². The average Bonchev–Trinajstić information content (AvgIpc) is 4.00. The molecule has 0 amide bonds. The first-order chi connectivity index (χ1) is 30.5. The molecule has 2 bridgehead atoms. The highest BCUT2D eigenvalue weighted by Gasteiger charge is 2.39. The summed E-state index contributed by atoms with van der Waals surface area (Å²) in [5.41, 5.74) is 2.13. The highest BCUT2D eigenvalue weighted by Crippen LogP contribution is 2.39. The van der Waals surface area contributed by atoms with E-state index in [0.29, 0.717) is 46.5 Å². The second-order valence-electron chi connectivity index (χ2n) is 15.5. The van der Waals surface area contributed by atoms with Crippen molar-refractivity contribution in [3.05, 3.63) is 122 Å². The van der Waals surface area contributed by atoms with Crippen LogP contribution in [-0.2, 0) is 25.5 Å². The third kappa shape index (κ3) is 11.8. The van der Waals surface area contributed by atoms with E-state index in [9.17, 15) is 36.7 Å². The van der Waals surface area contributed by atoms with Gasteiger partial charge in [-0.3, -0.25) is 4.90 Å². The minimum atomic E-state index is -5.08. The van der Waals surface area contributed by atoms with Crippen molar-refractivity contribution in [3.63, 3.8) is 0 Å². The molecule has 20 heteroatoms. The van der Waals surface area contributed by atoms with Gasteiger partial charge in [-0.2, -0.15) is 26.7 Å². The molecule has 1 unspecified atom stereocenters. The highest BCUT2D eigenvalue weighted by atomic mass is 35.5. The molecular weight excluding hydrogens is 912 g/mol. The first-order valence-corrected chi connectivity index (χ1v) is 21.7. The minimum Gasteiger partial charge on any atom is -0.619 e. The number of esters is 2. The number of thiophene rings is 1. The third-order valence-electron chi connectivity index (χ3n) is 11.0. The summed E-state index contributed by atoms with van der Waals surface area (Å²) in [5, 5.41) is 25.5. The summed E-state index contributed by atoms with van der Waals surface area (Å²) < 4.78 is 82.9. The number of piperidine rings is 3. The zero-order chi connectivity index (χ0) is 45.7. The van der Waals surface area contributed by atoms with E-state index in [4.69, 9.17) is 52.1 Å². The summed E-state index contributed by atoms with van der Waals surface area (Å²) in [7, 11) is 0. The van der Waals surface area contributed by atoms with Crippen LogP contribution in [0.5, 0.6) is 11.5 Å². The molecule has 4 fully saturated rings. The van der Waals surface area contributed by atoms with E-state index in [0.717, 1.165) is 66.8 Å². The molecule has 0 radical (unpaired) electrons. The molecule has 64 heavy (non-hydrogen) atoms. The Bertz CT molecular complexity index is 2460. The summed E-state index contributed by atoms with van der Waals surface area (Å²) in [5.74, 6) is -3.36. The van der Waals surface area contributed by atoms with E-state index in [1.54, 1.807) is 24.3 Å². The largest absolute Gasteiger partial charge is 0.619 e. The summed E-state index contributed by atoms with van der Waals surface area (Å²) in [6.07, 6.45) is -0.240. The maximum atomic E-state index is 14.1. The monoisotopic (exact) mass is 951 g/mol. The summed E-state index contributed by atoms with van der Waals surface area (Å²) in [6.45, 7) is -0.0444. The van der Waals surface area contributed by atoms with E-state index in [-0.39, 0.29) is 39.6 Å². The van der Waals surface area contributed by atoms with Gasteiger partial charge in [-0.05, 0) is 103 Å². The van der Waals surface area contributed by atoms with Crippen molar-refractivity contribution in [1.82, 2.24) is 4.90 Å². The first-order valence-electron chi connectivity index (χ1n) is 20.1. The Labute approximate surface area is 377 Å². The van der Waals surface area contributed by atoms with Gasteiger partial charge in [-0.1, -0.05) is 53.5 Å². The lowest BCUT2D eigenvalue weighted by atomic mass is 9.86. The van der Waals surface area contributed by atoms with Crippen LogP contribution in [0.15, 0.2) is 84.5 Å². The topological polar surface area (TPSA) is 151 Å². The number of alkyl halides is 5. The van der Waals surface area contributed by atoms with E-state index < -0.39 is 42.8 Å². The van der Waals surface area contributed by atoms with Crippen LogP contribution in [0.1, 0.15) is 64.9 Å². The molecule has 4 aliphatic rings. The van der Waals surface area contributed by atoms with Gasteiger partial charge in [0.2, 0.25) is 0 Å². The number of fused-ring (bicyclic) bond motifs is 4. The number of hydrogen-bond donors (Lipinski definition) is 2. The number of pyridine rings is 1. The van der Waals surface area contributed by atoms with Crippen molar-refractivity contribution in [1.29, 1.82) is 0 Å². The van der Waals surface area contributed by atoms with Crippen molar-refractivity contribution in [2.45, 2.75) is 63.1 Å². The molecule has 3 aromatic carbocycles. The van der Waals surface area contributed by atoms with Crippen molar-refractivity contribution >= 4 is 68.2 Å². The SMILES string of the molecule is O=C(O)C(F)(F)F.O=C(O[C@@H](Cc1c(Cl)c[n+]([O-])cc1Cl)c1ccc(OC(F)F)c(OCC2CC2)c1)c1cccc(NC(C(=O)O[C@H]2CN3CCC2CC3)c2csc3ccccc23)c1. The second-order valence-corrected chi connectivity index (χ2v) is 17.2. The first kappa shape index (κ1) is 46.6. The molecule has 0 spiro atoms. The van der Waals surface area contributed by atoms with Gasteiger partial charge in [-0.15, -0.1) is 11.3 Å². The number of carboxylic acids is 1. The predicted octanol–water partition coefficient (Wildman–Crippen LogP) is 9.80. The molecule has 1 saturated carbocycles. The molecule has 9 rings (SSSR count). The van der Waals surface area contributed by atoms with Crippen molar-refractivity contribution < 1.29 is 65.1 Å². The molecule has 5 aromatic rings. The number of aliphatic carboxylic acids is 1. The van der Waals surface area contributed by atoms with Crippen LogP contribution in [0, 0.1) is 17.0 Å². The Hall–Kier alpha value is -5.43. The van der Waals surface area contributed by atoms with Gasteiger partial charge < -0.3 is 34.6 Å². The quantitative estimate of drug-likeness (QED) is 0.0447. The number of carbonyl (C=O) groups is 3. The number of rotatable bonds is 15. The predicted molar refractivity (Wildman–Crippen MR) is 226 cm³/mol. The molecule has 3 saturated heterocycles. The molecule has 1 aliphatic carbocycles. The van der Waals surface area contributed by atoms with E-state index in [2.05, 4.69) is 10.2 Å². The number of anilines is 1. The number of nitrogens with one attached hydrogen (secondary N) is 1. The van der Waals surface area contributed by atoms with E-state index in [1.807, 2.05) is 29.6 Å². The van der Waals surface area contributed by atoms with Gasteiger partial charge >= 0.3 is 30.7 Å². The van der Waals surface area contributed by atoms with Crippen LogP contribution in [0.4, 0.5) is 27.6 Å². The fourth-order valence-electron chi connectivity index (χ4n) is 7.51. The smallest absolute Gasteiger partial charge is 0.490 e. The standard InChI is InChI=1S/C42H39Cl2F2N3O7S.C2HF3O2/c43-32-19-49(52)20-33(44)30(32)18-35(26-10-11-34(56-42(45)46)36(17-26)53-22-24-8-9-24)54-40(50)27-4-3-5-28(16-27)47-39(31-23-57-38-7-2-1-6-29(31)38)41(51)55-37-21-48-14-12-25(37)13-15-48;3-2(4,5)1(6)7/h1-7,10-11,16-17,19-20,23-25,35,37,39,42,47H,8-9,12-15,18,21-22H2;(H,6,7)/t35-,37-,39?;/m0./s1. The van der Waals surface area contributed by atoms with Crippen LogP contribution >= 0.6 is 34.5 Å². The Kier molecular flexibility index (Phi) is 14.7. The number of hydrogen-bond acceptors (Lipinski definition) is 11. The van der Waals surface area contributed by atoms with Gasteiger partial charge in [0.25, 0.3) is 0 Å². The van der Waals surface area contributed by atoms with Crippen LogP contribution in [0.25, 0.3) is 10.1 Å². The second kappa shape index (κ2) is 20.2. The van der Waals surface area contributed by atoms with Gasteiger partial charge in [-0.25, -0.2) is 14.4 Å². The van der Waals surface area contributed by atoms with Gasteiger partial charge in [0, 0.05) is 34.5 Å². The Morgan fingerprint density at radius 1 is 0.953 bits per heavy atom. The lowest BCUT2D eigenvalue weighted by molar-refractivity contribution is -0.605. The van der Waals surface area contributed by atoms with E-state index >= 15 is 0 Å². The lowest BCUT2D eigenvalue weighted by Crippen LogP contribution is -2.52. The molecule has 2 N–H and O–H groups in total. The number of benzene rings is 3. The molecule has 340 valence electrons. The number of ether oxygens (including phenoxy) is 4. The average molecular weight is 953 g/mol. The normalized spacial score (nSPS) is 19.0. The summed E-state index contributed by atoms with van der Waals surface area (Å²) in [4.78, 5) is 39.4. The molecule has 2 aromatic heterocycles. The van der Waals surface area contributed by atoms with Crippen LogP contribution in [0.2, 0.25) is 10.0 Å². The van der Waals surface area contributed by atoms with Crippen LogP contribution in [-0.4, -0.2) is 73.0 Å². The van der Waals surface area contributed by atoms with Crippen molar-refractivity contribution in [2.24, 2.45) is 11.8 Å². The summed E-state index contributed by atoms with van der Waals surface area (Å²) >= 11 is 14.4. The Morgan fingerprint density at radius 3 is 2.30 bits per heavy atom. The fourth-order valence-corrected chi connectivity index (χ4v) is 9.09. The fraction of sp³-hybridized carbons (Fsp3) is 0.364. The lowest BCUT2D eigenvalue weighted by Gasteiger charge is -2.44. The maximum Gasteiger partial charge on any atom is 0.490 e. The molecule has 3 atom stereocenters. The molecule has 12 nitrogen and oxygen atoms in total. The Morgan fingerprint density at radius 2 is 1.66 bits per heavy atom. The molecule has 5 heterocycles. The van der Waals surface area contributed by atoms with Gasteiger partial charge in [0.1, 0.15) is 22.3 Å². The van der Waals surface area contributed by atoms with Crippen LogP contribution < -0.4 is 19.5 Å². The Balaban J connectivity index is 0.000000809. The summed E-state index contributed by atoms with van der Waals surface area (Å²) in [6, 6.07) is 17.9. The number of carboxylic acid groups (broad SMARTS) is 1. The zero-order valence-corrected chi connectivity index (χ0v) is 35.9. The number of carbonyl (C=O) groups excluding carboxylic acids is 2. The van der Waals surface area contributed by atoms with Crippen LogP contribution in [0.3, 0.4) is 0 Å². The number of nitrogens with zero attached hydrogens (tertiary/aromatic N) is 2. The maximum absolute atomic E-state index is 14.1. The van der Waals surface area contributed by atoms with Gasteiger partial charge in [0.15, 0.2) is 29.9 Å².